The molecule has 1 N–H and O–H groups in total. The first kappa shape index (κ1) is 15.6. The number of hydrogen-bond acceptors (Lipinski definition) is 1. The van der Waals surface area contributed by atoms with Crippen molar-refractivity contribution in [2.45, 2.75) is 65.9 Å². The molecule has 0 spiro atoms. The molecule has 1 heteroatoms. The van der Waals surface area contributed by atoms with Crippen LogP contribution >= 0.6 is 0 Å². The van der Waals surface area contributed by atoms with Gasteiger partial charge in [0, 0.05) is 0 Å². The molecule has 1 fully saturated rings. The van der Waals surface area contributed by atoms with Crippen molar-refractivity contribution in [2.24, 2.45) is 17.3 Å². The van der Waals surface area contributed by atoms with Crippen molar-refractivity contribution in [1.29, 1.82) is 0 Å². The Hall–Kier alpha value is -0.820. The maximum absolute atomic E-state index is 10.6. The van der Waals surface area contributed by atoms with Crippen molar-refractivity contribution in [3.8, 4) is 0 Å². The van der Waals surface area contributed by atoms with E-state index in [9.17, 15) is 5.11 Å². The average Bonchev–Trinajstić information content (AvgIpc) is 2.46. The second kappa shape index (κ2) is 6.30. The van der Waals surface area contributed by atoms with Crippen molar-refractivity contribution >= 4 is 0 Å². The summed E-state index contributed by atoms with van der Waals surface area (Å²) in [5.74, 6) is 1.26. The Balaban J connectivity index is 1.95. The molecule has 1 atom stereocenters. The molecule has 1 aromatic carbocycles. The molecule has 112 valence electrons. The van der Waals surface area contributed by atoms with Crippen molar-refractivity contribution in [3.63, 3.8) is 0 Å². The van der Waals surface area contributed by atoms with E-state index in [2.05, 4.69) is 52.0 Å². The smallest absolute Gasteiger partial charge is 0.0818 e. The van der Waals surface area contributed by atoms with Gasteiger partial charge in [-0.25, -0.2) is 0 Å². The molecule has 2 rings (SSSR count). The number of aliphatic hydroxyl groups is 1. The van der Waals surface area contributed by atoms with Crippen LogP contribution in [0, 0.1) is 17.3 Å². The Bertz CT molecular complexity index is 404. The summed E-state index contributed by atoms with van der Waals surface area (Å²) in [7, 11) is 0. The van der Waals surface area contributed by atoms with Crippen LogP contribution in [0.4, 0.5) is 0 Å². The summed E-state index contributed by atoms with van der Waals surface area (Å²) in [4.78, 5) is 0. The quantitative estimate of drug-likeness (QED) is 0.809. The topological polar surface area (TPSA) is 20.2 Å². The van der Waals surface area contributed by atoms with E-state index < -0.39 is 0 Å². The molecule has 1 nitrogen and oxygen atoms in total. The third-order valence-corrected chi connectivity index (χ3v) is 5.17. The summed E-state index contributed by atoms with van der Waals surface area (Å²) in [5, 5.41) is 10.6. The second-order valence-corrected chi connectivity index (χ2v) is 7.52. The van der Waals surface area contributed by atoms with E-state index >= 15 is 0 Å². The van der Waals surface area contributed by atoms with Gasteiger partial charge in [0.25, 0.3) is 0 Å². The lowest BCUT2D eigenvalue weighted by Crippen LogP contribution is -2.28. The highest BCUT2D eigenvalue weighted by Crippen LogP contribution is 2.43. The first-order chi connectivity index (χ1) is 9.41. The van der Waals surface area contributed by atoms with Gasteiger partial charge in [-0.05, 0) is 60.5 Å². The van der Waals surface area contributed by atoms with Gasteiger partial charge in [0.15, 0.2) is 0 Å². The summed E-state index contributed by atoms with van der Waals surface area (Å²) >= 11 is 0. The van der Waals surface area contributed by atoms with E-state index in [1.807, 2.05) is 0 Å². The molecule has 1 aromatic rings. The fourth-order valence-electron chi connectivity index (χ4n) is 3.52. The zero-order chi connectivity index (χ0) is 14.8. The fraction of sp³-hybridized carbons (Fsp3) is 0.684. The van der Waals surface area contributed by atoms with E-state index in [0.29, 0.717) is 11.3 Å². The lowest BCUT2D eigenvalue weighted by molar-refractivity contribution is 0.0528. The van der Waals surface area contributed by atoms with Crippen molar-refractivity contribution in [2.75, 3.05) is 0 Å². The van der Waals surface area contributed by atoms with Crippen LogP contribution in [0.2, 0.25) is 0 Å². The van der Waals surface area contributed by atoms with Gasteiger partial charge >= 0.3 is 0 Å². The summed E-state index contributed by atoms with van der Waals surface area (Å²) in [6, 6.07) is 8.53. The van der Waals surface area contributed by atoms with Crippen LogP contribution < -0.4 is 0 Å². The van der Waals surface area contributed by atoms with Crippen LogP contribution in [0.15, 0.2) is 24.3 Å². The zero-order valence-electron chi connectivity index (χ0n) is 13.5. The normalized spacial score (nSPS) is 25.4. The van der Waals surface area contributed by atoms with Gasteiger partial charge in [0.1, 0.15) is 0 Å². The Morgan fingerprint density at radius 3 is 2.05 bits per heavy atom. The minimum absolute atomic E-state index is 0.276. The lowest BCUT2D eigenvalue weighted by atomic mass is 9.68. The SMILES string of the molecule is CCc1ccc(C(O)C2CCC(C(C)(C)C)CC2)cc1. The number of hydrogen-bond donors (Lipinski definition) is 1. The molecule has 0 amide bonds. The van der Waals surface area contributed by atoms with Gasteiger partial charge < -0.3 is 5.11 Å². The van der Waals surface area contributed by atoms with Crippen LogP contribution in [-0.2, 0) is 6.42 Å². The Kier molecular flexibility index (Phi) is 4.90. The number of benzene rings is 1. The van der Waals surface area contributed by atoms with Gasteiger partial charge in [-0.15, -0.1) is 0 Å². The molecule has 0 radical (unpaired) electrons. The minimum atomic E-state index is -0.276. The maximum Gasteiger partial charge on any atom is 0.0818 e. The van der Waals surface area contributed by atoms with Gasteiger partial charge in [0.2, 0.25) is 0 Å². The summed E-state index contributed by atoms with van der Waals surface area (Å²) in [6.45, 7) is 9.20. The van der Waals surface area contributed by atoms with Crippen molar-refractivity contribution in [1.82, 2.24) is 0 Å². The highest BCUT2D eigenvalue weighted by molar-refractivity contribution is 5.24. The predicted octanol–water partition coefficient (Wildman–Crippen LogP) is 5.13. The van der Waals surface area contributed by atoms with E-state index in [4.69, 9.17) is 0 Å². The van der Waals surface area contributed by atoms with E-state index in [-0.39, 0.29) is 6.10 Å². The third-order valence-electron chi connectivity index (χ3n) is 5.17. The molecule has 0 aliphatic heterocycles. The molecule has 0 aromatic heterocycles. The van der Waals surface area contributed by atoms with E-state index in [1.165, 1.54) is 31.2 Å². The monoisotopic (exact) mass is 274 g/mol. The Morgan fingerprint density at radius 2 is 1.60 bits per heavy atom. The first-order valence-corrected chi connectivity index (χ1v) is 8.18. The molecule has 0 bridgehead atoms. The largest absolute Gasteiger partial charge is 0.388 e. The summed E-state index contributed by atoms with van der Waals surface area (Å²) < 4.78 is 0. The maximum atomic E-state index is 10.6. The molecular formula is C19H30O. The third kappa shape index (κ3) is 3.63. The highest BCUT2D eigenvalue weighted by atomic mass is 16.3. The minimum Gasteiger partial charge on any atom is -0.388 e. The van der Waals surface area contributed by atoms with Gasteiger partial charge in [-0.1, -0.05) is 52.0 Å². The van der Waals surface area contributed by atoms with Crippen LogP contribution in [0.5, 0.6) is 0 Å². The zero-order valence-corrected chi connectivity index (χ0v) is 13.5. The molecule has 0 saturated heterocycles. The molecule has 1 saturated carbocycles. The van der Waals surface area contributed by atoms with Crippen LogP contribution in [-0.4, -0.2) is 5.11 Å². The standard InChI is InChI=1S/C19H30O/c1-5-14-6-8-15(9-7-14)18(20)16-10-12-17(13-11-16)19(2,3)4/h6-9,16-18,20H,5,10-13H2,1-4H3. The number of aryl methyl sites for hydroxylation is 1. The lowest BCUT2D eigenvalue weighted by Gasteiger charge is -2.38. The molecule has 0 heterocycles. The first-order valence-electron chi connectivity index (χ1n) is 8.18. The molecule has 1 unspecified atom stereocenters. The van der Waals surface area contributed by atoms with E-state index in [1.54, 1.807) is 0 Å². The Morgan fingerprint density at radius 1 is 1.05 bits per heavy atom. The molecule has 1 aliphatic rings. The van der Waals surface area contributed by atoms with Crippen LogP contribution in [0.1, 0.15) is 70.6 Å². The molecule has 20 heavy (non-hydrogen) atoms. The van der Waals surface area contributed by atoms with Crippen molar-refractivity contribution < 1.29 is 5.11 Å². The number of rotatable bonds is 3. The van der Waals surface area contributed by atoms with E-state index in [0.717, 1.165) is 17.9 Å². The molecule has 1 aliphatic carbocycles. The van der Waals surface area contributed by atoms with Crippen LogP contribution in [0.25, 0.3) is 0 Å². The second-order valence-electron chi connectivity index (χ2n) is 7.52. The fourth-order valence-corrected chi connectivity index (χ4v) is 3.52. The summed E-state index contributed by atoms with van der Waals surface area (Å²) in [6.07, 6.45) is 5.64. The van der Waals surface area contributed by atoms with Gasteiger partial charge in [0.05, 0.1) is 6.10 Å². The van der Waals surface area contributed by atoms with Crippen LogP contribution in [0.3, 0.4) is 0 Å². The van der Waals surface area contributed by atoms with Crippen molar-refractivity contribution in [3.05, 3.63) is 35.4 Å². The average molecular weight is 274 g/mol. The highest BCUT2D eigenvalue weighted by Gasteiger charge is 2.32. The number of aliphatic hydroxyl groups excluding tert-OH is 1. The van der Waals surface area contributed by atoms with Gasteiger partial charge in [-0.3, -0.25) is 0 Å². The summed E-state index contributed by atoms with van der Waals surface area (Å²) in [5.41, 5.74) is 2.86. The molecular weight excluding hydrogens is 244 g/mol. The van der Waals surface area contributed by atoms with Gasteiger partial charge in [-0.2, -0.15) is 0 Å². The predicted molar refractivity (Wildman–Crippen MR) is 85.7 cm³/mol. The Labute approximate surface area is 124 Å².